The zero-order valence-electron chi connectivity index (χ0n) is 15.1. The summed E-state index contributed by atoms with van der Waals surface area (Å²) in [7, 11) is -3.71. The minimum atomic E-state index is -3.71. The second-order valence-corrected chi connectivity index (χ2v) is 8.81. The zero-order valence-corrected chi connectivity index (χ0v) is 15.9. The largest absolute Gasteiger partial charge is 0.491 e. The van der Waals surface area contributed by atoms with Gasteiger partial charge in [0.2, 0.25) is 10.0 Å². The van der Waals surface area contributed by atoms with E-state index >= 15 is 0 Å². The molecule has 1 unspecified atom stereocenters. The van der Waals surface area contributed by atoms with Crippen molar-refractivity contribution in [1.29, 1.82) is 0 Å². The van der Waals surface area contributed by atoms with E-state index in [1.807, 2.05) is 0 Å². The molecule has 6 nitrogen and oxygen atoms in total. The maximum Gasteiger partial charge on any atom is 0.243 e. The number of nitrogens with zero attached hydrogens (tertiary/aromatic N) is 2. The molecule has 1 aromatic rings. The minimum absolute atomic E-state index is 0.0358. The maximum absolute atomic E-state index is 14.0. The van der Waals surface area contributed by atoms with Gasteiger partial charge < -0.3 is 9.84 Å². The molecule has 2 heterocycles. The van der Waals surface area contributed by atoms with Gasteiger partial charge in [0.25, 0.3) is 0 Å². The van der Waals surface area contributed by atoms with Gasteiger partial charge in [0.15, 0.2) is 11.6 Å². The van der Waals surface area contributed by atoms with Crippen LogP contribution in [-0.4, -0.2) is 67.7 Å². The molecule has 3 rings (SSSR count). The summed E-state index contributed by atoms with van der Waals surface area (Å²) in [6.45, 7) is 4.02. The lowest BCUT2D eigenvalue weighted by atomic mass is 10.0. The summed E-state index contributed by atoms with van der Waals surface area (Å²) in [5.74, 6) is -0.597. The summed E-state index contributed by atoms with van der Waals surface area (Å²) in [5.41, 5.74) is 0. The van der Waals surface area contributed by atoms with Crippen molar-refractivity contribution in [1.82, 2.24) is 9.21 Å². The Labute approximate surface area is 154 Å². The van der Waals surface area contributed by atoms with Crippen LogP contribution >= 0.6 is 0 Å². The van der Waals surface area contributed by atoms with Crippen LogP contribution in [0.25, 0.3) is 0 Å². The third kappa shape index (κ3) is 3.88. The lowest BCUT2D eigenvalue weighted by Crippen LogP contribution is -2.48. The molecular weight excluding hydrogens is 359 g/mol. The standard InChI is InChI=1S/C18H27FN2O4S/c1-2-25-18-6-5-16(12-17(18)19)26(23,24)20-10-7-14(8-11-20)21-9-3-4-15(21)13-22/h5-6,12,14-15,22H,2-4,7-11,13H2,1H3. The van der Waals surface area contributed by atoms with Gasteiger partial charge in [0, 0.05) is 25.2 Å². The van der Waals surface area contributed by atoms with Crippen molar-refractivity contribution in [3.05, 3.63) is 24.0 Å². The van der Waals surface area contributed by atoms with Crippen molar-refractivity contribution in [2.75, 3.05) is 32.8 Å². The van der Waals surface area contributed by atoms with Gasteiger partial charge in [-0.25, -0.2) is 12.8 Å². The number of aliphatic hydroxyl groups is 1. The van der Waals surface area contributed by atoms with Crippen molar-refractivity contribution >= 4 is 10.0 Å². The van der Waals surface area contributed by atoms with E-state index in [0.29, 0.717) is 25.7 Å². The summed E-state index contributed by atoms with van der Waals surface area (Å²) in [5, 5.41) is 9.49. The Bertz CT molecular complexity index is 720. The normalized spacial score (nSPS) is 23.4. The highest BCUT2D eigenvalue weighted by atomic mass is 32.2. The maximum atomic E-state index is 14.0. The molecule has 2 aliphatic rings. The molecule has 0 radical (unpaired) electrons. The van der Waals surface area contributed by atoms with E-state index in [1.165, 1.54) is 16.4 Å². The summed E-state index contributed by atoms with van der Waals surface area (Å²) in [6.07, 6.45) is 3.54. The van der Waals surface area contributed by atoms with Crippen molar-refractivity contribution in [2.45, 2.75) is 49.6 Å². The van der Waals surface area contributed by atoms with Crippen molar-refractivity contribution in [3.8, 4) is 5.75 Å². The Kier molecular flexibility index (Phi) is 6.17. The number of piperidine rings is 1. The molecule has 0 saturated carbocycles. The van der Waals surface area contributed by atoms with E-state index in [1.54, 1.807) is 6.92 Å². The van der Waals surface area contributed by atoms with Crippen LogP contribution in [0.4, 0.5) is 4.39 Å². The fourth-order valence-corrected chi connectivity index (χ4v) is 5.49. The predicted molar refractivity (Wildman–Crippen MR) is 96.2 cm³/mol. The van der Waals surface area contributed by atoms with Crippen LogP contribution < -0.4 is 4.74 Å². The molecule has 2 fully saturated rings. The highest BCUT2D eigenvalue weighted by molar-refractivity contribution is 7.89. The van der Waals surface area contributed by atoms with E-state index < -0.39 is 15.8 Å². The second-order valence-electron chi connectivity index (χ2n) is 6.88. The molecule has 0 aromatic heterocycles. The highest BCUT2D eigenvalue weighted by Gasteiger charge is 2.35. The van der Waals surface area contributed by atoms with Crippen molar-refractivity contribution in [2.24, 2.45) is 0 Å². The molecule has 1 N–H and O–H groups in total. The summed E-state index contributed by atoms with van der Waals surface area (Å²) in [6, 6.07) is 4.31. The molecule has 1 atom stereocenters. The smallest absolute Gasteiger partial charge is 0.243 e. The number of likely N-dealkylation sites (tertiary alicyclic amines) is 1. The molecule has 0 bridgehead atoms. The zero-order chi connectivity index (χ0) is 18.7. The first-order valence-corrected chi connectivity index (χ1v) is 10.7. The van der Waals surface area contributed by atoms with E-state index in [-0.39, 0.29) is 23.3 Å². The van der Waals surface area contributed by atoms with E-state index in [4.69, 9.17) is 4.74 Å². The van der Waals surface area contributed by atoms with Crippen LogP contribution in [0.15, 0.2) is 23.1 Å². The molecule has 146 valence electrons. The van der Waals surface area contributed by atoms with Crippen LogP contribution in [0.1, 0.15) is 32.6 Å². The van der Waals surface area contributed by atoms with Crippen LogP contribution in [0, 0.1) is 5.82 Å². The Morgan fingerprint density at radius 3 is 2.58 bits per heavy atom. The Hall–Kier alpha value is -1.22. The fraction of sp³-hybridized carbons (Fsp3) is 0.667. The van der Waals surface area contributed by atoms with Crippen molar-refractivity contribution in [3.63, 3.8) is 0 Å². The average molecular weight is 386 g/mol. The third-order valence-corrected chi connectivity index (χ3v) is 7.26. The second kappa shape index (κ2) is 8.21. The van der Waals surface area contributed by atoms with Gasteiger partial charge in [0.05, 0.1) is 18.1 Å². The molecule has 0 spiro atoms. The van der Waals surface area contributed by atoms with Gasteiger partial charge in [-0.15, -0.1) is 0 Å². The van der Waals surface area contributed by atoms with Crippen LogP contribution in [0.2, 0.25) is 0 Å². The molecule has 1 aromatic carbocycles. The number of sulfonamides is 1. The molecular formula is C18H27FN2O4S. The monoisotopic (exact) mass is 386 g/mol. The van der Waals surface area contributed by atoms with Gasteiger partial charge in [-0.05, 0) is 57.4 Å². The first-order valence-electron chi connectivity index (χ1n) is 9.26. The van der Waals surface area contributed by atoms with Crippen LogP contribution in [-0.2, 0) is 10.0 Å². The Balaban J connectivity index is 1.67. The molecule has 2 aliphatic heterocycles. The van der Waals surface area contributed by atoms with E-state index in [2.05, 4.69) is 4.90 Å². The third-order valence-electron chi connectivity index (χ3n) is 5.37. The molecule has 26 heavy (non-hydrogen) atoms. The number of aliphatic hydroxyl groups excluding tert-OH is 1. The van der Waals surface area contributed by atoms with Gasteiger partial charge in [-0.1, -0.05) is 0 Å². The number of hydrogen-bond donors (Lipinski definition) is 1. The number of halogens is 1. The topological polar surface area (TPSA) is 70.1 Å². The summed E-state index contributed by atoms with van der Waals surface area (Å²) in [4.78, 5) is 2.28. The highest BCUT2D eigenvalue weighted by Crippen LogP contribution is 2.29. The lowest BCUT2D eigenvalue weighted by molar-refractivity contribution is 0.0899. The van der Waals surface area contributed by atoms with Gasteiger partial charge in [-0.2, -0.15) is 4.31 Å². The summed E-state index contributed by atoms with van der Waals surface area (Å²) < 4.78 is 46.3. The van der Waals surface area contributed by atoms with Gasteiger partial charge in [-0.3, -0.25) is 4.90 Å². The van der Waals surface area contributed by atoms with Crippen LogP contribution in [0.3, 0.4) is 0 Å². The average Bonchev–Trinajstić information content (AvgIpc) is 3.12. The number of benzene rings is 1. The Morgan fingerprint density at radius 2 is 1.96 bits per heavy atom. The number of rotatable bonds is 6. The quantitative estimate of drug-likeness (QED) is 0.808. The first kappa shape index (κ1) is 19.5. The predicted octanol–water partition coefficient (Wildman–Crippen LogP) is 1.83. The van der Waals surface area contributed by atoms with Crippen molar-refractivity contribution < 1.29 is 22.7 Å². The van der Waals surface area contributed by atoms with Gasteiger partial charge in [0.1, 0.15) is 0 Å². The molecule has 0 amide bonds. The summed E-state index contributed by atoms with van der Waals surface area (Å²) >= 11 is 0. The molecule has 8 heteroatoms. The lowest BCUT2D eigenvalue weighted by Gasteiger charge is -2.38. The Morgan fingerprint density at radius 1 is 1.23 bits per heavy atom. The molecule has 2 saturated heterocycles. The fourth-order valence-electron chi connectivity index (χ4n) is 4.01. The SMILES string of the molecule is CCOc1ccc(S(=O)(=O)N2CCC(N3CCCC3CO)CC2)cc1F. The minimum Gasteiger partial charge on any atom is -0.491 e. The van der Waals surface area contributed by atoms with Gasteiger partial charge >= 0.3 is 0 Å². The number of ether oxygens (including phenoxy) is 1. The molecule has 0 aliphatic carbocycles. The first-order chi connectivity index (χ1) is 12.5. The van der Waals surface area contributed by atoms with Crippen LogP contribution in [0.5, 0.6) is 5.75 Å². The number of hydrogen-bond acceptors (Lipinski definition) is 5. The van der Waals surface area contributed by atoms with E-state index in [0.717, 1.165) is 38.3 Å². The van der Waals surface area contributed by atoms with E-state index in [9.17, 15) is 17.9 Å².